The minimum atomic E-state index is -0.226. The summed E-state index contributed by atoms with van der Waals surface area (Å²) in [5.74, 6) is 0.393. The standard InChI is InChI=1S/C18H19ClN2O3/c1-13(22)21(16-6-8-17(24-2)9-7-16)11-10-20-18(23)14-4-3-5-15(19)12-14/h3-9,12H,10-11H2,1-2H3,(H,20,23). The van der Waals surface area contributed by atoms with Crippen LogP contribution in [0.2, 0.25) is 5.02 Å². The van der Waals surface area contributed by atoms with Gasteiger partial charge in [-0.1, -0.05) is 17.7 Å². The summed E-state index contributed by atoms with van der Waals surface area (Å²) in [6.07, 6.45) is 0. The van der Waals surface area contributed by atoms with Crippen LogP contribution in [0.25, 0.3) is 0 Å². The molecule has 5 nitrogen and oxygen atoms in total. The molecule has 1 N–H and O–H groups in total. The largest absolute Gasteiger partial charge is 0.497 e. The predicted molar refractivity (Wildman–Crippen MR) is 94.8 cm³/mol. The number of carbonyl (C=O) groups is 2. The van der Waals surface area contributed by atoms with E-state index in [1.165, 1.54) is 6.92 Å². The van der Waals surface area contributed by atoms with Crippen LogP contribution in [0.1, 0.15) is 17.3 Å². The molecule has 0 aliphatic rings. The number of halogens is 1. The monoisotopic (exact) mass is 346 g/mol. The molecule has 0 aliphatic heterocycles. The molecule has 6 heteroatoms. The Bertz CT molecular complexity index is 716. The number of methoxy groups -OCH3 is 1. The van der Waals surface area contributed by atoms with Crippen molar-refractivity contribution in [2.24, 2.45) is 0 Å². The average Bonchev–Trinajstić information content (AvgIpc) is 2.58. The fraction of sp³-hybridized carbons (Fsp3) is 0.222. The SMILES string of the molecule is COc1ccc(N(CCNC(=O)c2cccc(Cl)c2)C(C)=O)cc1. The molecule has 0 heterocycles. The number of anilines is 1. The second-order valence-corrected chi connectivity index (χ2v) is 5.57. The topological polar surface area (TPSA) is 58.6 Å². The maximum atomic E-state index is 12.1. The van der Waals surface area contributed by atoms with Gasteiger partial charge in [0.25, 0.3) is 5.91 Å². The van der Waals surface area contributed by atoms with Crippen LogP contribution in [-0.2, 0) is 4.79 Å². The number of hydrogen-bond donors (Lipinski definition) is 1. The van der Waals surface area contributed by atoms with Crippen LogP contribution in [0.3, 0.4) is 0 Å². The molecule has 0 unspecified atom stereocenters. The summed E-state index contributed by atoms with van der Waals surface area (Å²) in [5.41, 5.74) is 1.24. The summed E-state index contributed by atoms with van der Waals surface area (Å²) in [4.78, 5) is 25.5. The van der Waals surface area contributed by atoms with Crippen molar-refractivity contribution in [1.82, 2.24) is 5.32 Å². The van der Waals surface area contributed by atoms with Crippen molar-refractivity contribution in [3.63, 3.8) is 0 Å². The summed E-state index contributed by atoms with van der Waals surface area (Å²) >= 11 is 5.88. The van der Waals surface area contributed by atoms with E-state index in [-0.39, 0.29) is 11.8 Å². The molecule has 0 aromatic heterocycles. The van der Waals surface area contributed by atoms with Crippen molar-refractivity contribution >= 4 is 29.1 Å². The zero-order chi connectivity index (χ0) is 17.5. The summed E-state index contributed by atoms with van der Waals surface area (Å²) in [6, 6.07) is 13.9. The van der Waals surface area contributed by atoms with E-state index in [0.717, 1.165) is 11.4 Å². The Balaban J connectivity index is 1.96. The van der Waals surface area contributed by atoms with E-state index in [1.807, 2.05) is 0 Å². The van der Waals surface area contributed by atoms with Gasteiger partial charge in [-0.25, -0.2) is 0 Å². The number of carbonyl (C=O) groups excluding carboxylic acids is 2. The third-order valence-corrected chi connectivity index (χ3v) is 3.71. The highest BCUT2D eigenvalue weighted by Crippen LogP contribution is 2.19. The lowest BCUT2D eigenvalue weighted by atomic mass is 10.2. The molecule has 0 aliphatic carbocycles. The first-order chi connectivity index (χ1) is 11.5. The summed E-state index contributed by atoms with van der Waals surface area (Å²) in [7, 11) is 1.59. The minimum Gasteiger partial charge on any atom is -0.497 e. The number of ether oxygens (including phenoxy) is 1. The van der Waals surface area contributed by atoms with Crippen molar-refractivity contribution in [3.05, 3.63) is 59.1 Å². The molecule has 2 rings (SSSR count). The van der Waals surface area contributed by atoms with Gasteiger partial charge in [0.2, 0.25) is 5.91 Å². The fourth-order valence-electron chi connectivity index (χ4n) is 2.24. The van der Waals surface area contributed by atoms with Crippen molar-refractivity contribution in [2.45, 2.75) is 6.92 Å². The first kappa shape index (κ1) is 17.8. The Kier molecular flexibility index (Phi) is 6.21. The molecule has 0 fully saturated rings. The van der Waals surface area contributed by atoms with E-state index in [9.17, 15) is 9.59 Å². The highest BCUT2D eigenvalue weighted by atomic mass is 35.5. The molecule has 0 atom stereocenters. The lowest BCUT2D eigenvalue weighted by Crippen LogP contribution is -2.37. The fourth-order valence-corrected chi connectivity index (χ4v) is 2.43. The van der Waals surface area contributed by atoms with Crippen LogP contribution in [0.15, 0.2) is 48.5 Å². The second-order valence-electron chi connectivity index (χ2n) is 5.13. The van der Waals surface area contributed by atoms with Crippen molar-refractivity contribution in [3.8, 4) is 5.75 Å². The summed E-state index contributed by atoms with van der Waals surface area (Å²) in [6.45, 7) is 2.19. The molecule has 0 saturated heterocycles. The number of hydrogen-bond acceptors (Lipinski definition) is 3. The number of benzene rings is 2. The quantitative estimate of drug-likeness (QED) is 0.874. The molecule has 24 heavy (non-hydrogen) atoms. The van der Waals surface area contributed by atoms with Crippen molar-refractivity contribution in [2.75, 3.05) is 25.1 Å². The lowest BCUT2D eigenvalue weighted by molar-refractivity contribution is -0.116. The average molecular weight is 347 g/mol. The van der Waals surface area contributed by atoms with E-state index in [1.54, 1.807) is 60.5 Å². The van der Waals surface area contributed by atoms with E-state index in [2.05, 4.69) is 5.32 Å². The van der Waals surface area contributed by atoms with Crippen LogP contribution < -0.4 is 15.0 Å². The maximum Gasteiger partial charge on any atom is 0.251 e. The van der Waals surface area contributed by atoms with Crippen LogP contribution in [0.5, 0.6) is 5.75 Å². The Morgan fingerprint density at radius 3 is 2.46 bits per heavy atom. The zero-order valence-corrected chi connectivity index (χ0v) is 14.3. The van der Waals surface area contributed by atoms with E-state index in [4.69, 9.17) is 16.3 Å². The summed E-state index contributed by atoms with van der Waals surface area (Å²) < 4.78 is 5.11. The van der Waals surface area contributed by atoms with Gasteiger partial charge in [-0.15, -0.1) is 0 Å². The van der Waals surface area contributed by atoms with Crippen molar-refractivity contribution < 1.29 is 14.3 Å². The predicted octanol–water partition coefficient (Wildman–Crippen LogP) is 3.13. The van der Waals surface area contributed by atoms with Gasteiger partial charge >= 0.3 is 0 Å². The molecule has 2 aromatic carbocycles. The van der Waals surface area contributed by atoms with Gasteiger partial charge in [0, 0.05) is 36.3 Å². The van der Waals surface area contributed by atoms with Gasteiger partial charge in [0.1, 0.15) is 5.75 Å². The molecule has 0 radical (unpaired) electrons. The molecule has 0 spiro atoms. The Hall–Kier alpha value is -2.53. The Morgan fingerprint density at radius 2 is 1.88 bits per heavy atom. The zero-order valence-electron chi connectivity index (χ0n) is 13.6. The van der Waals surface area contributed by atoms with E-state index in [0.29, 0.717) is 23.7 Å². The lowest BCUT2D eigenvalue weighted by Gasteiger charge is -2.21. The highest BCUT2D eigenvalue weighted by Gasteiger charge is 2.12. The molecular weight excluding hydrogens is 328 g/mol. The van der Waals surface area contributed by atoms with Gasteiger partial charge in [-0.2, -0.15) is 0 Å². The van der Waals surface area contributed by atoms with Gasteiger partial charge in [-0.05, 0) is 42.5 Å². The van der Waals surface area contributed by atoms with Crippen LogP contribution in [0.4, 0.5) is 5.69 Å². The second kappa shape index (κ2) is 8.36. The Labute approximate surface area is 146 Å². The molecule has 0 saturated carbocycles. The maximum absolute atomic E-state index is 12.1. The minimum absolute atomic E-state index is 0.0998. The molecule has 2 aromatic rings. The summed E-state index contributed by atoms with van der Waals surface area (Å²) in [5, 5.41) is 3.29. The highest BCUT2D eigenvalue weighted by molar-refractivity contribution is 6.30. The van der Waals surface area contributed by atoms with Gasteiger partial charge in [-0.3, -0.25) is 9.59 Å². The Morgan fingerprint density at radius 1 is 1.17 bits per heavy atom. The van der Waals surface area contributed by atoms with Gasteiger partial charge in [0.05, 0.1) is 7.11 Å². The molecular formula is C18H19ClN2O3. The van der Waals surface area contributed by atoms with Gasteiger partial charge < -0.3 is 15.0 Å². The van der Waals surface area contributed by atoms with E-state index >= 15 is 0 Å². The van der Waals surface area contributed by atoms with Gasteiger partial charge in [0.15, 0.2) is 0 Å². The molecule has 126 valence electrons. The first-order valence-electron chi connectivity index (χ1n) is 7.47. The van der Waals surface area contributed by atoms with E-state index < -0.39 is 0 Å². The van der Waals surface area contributed by atoms with Crippen LogP contribution in [0, 0.1) is 0 Å². The number of nitrogens with one attached hydrogen (secondary N) is 1. The van der Waals surface area contributed by atoms with Crippen molar-refractivity contribution in [1.29, 1.82) is 0 Å². The molecule has 2 amide bonds. The first-order valence-corrected chi connectivity index (χ1v) is 7.85. The third-order valence-electron chi connectivity index (χ3n) is 3.47. The number of amides is 2. The van der Waals surface area contributed by atoms with Crippen LogP contribution in [-0.4, -0.2) is 32.0 Å². The number of nitrogens with zero attached hydrogens (tertiary/aromatic N) is 1. The normalized spacial score (nSPS) is 10.1. The molecule has 0 bridgehead atoms. The number of rotatable bonds is 6. The third kappa shape index (κ3) is 4.73. The smallest absolute Gasteiger partial charge is 0.251 e. The van der Waals surface area contributed by atoms with Crippen LogP contribution >= 0.6 is 11.6 Å².